The van der Waals surface area contributed by atoms with Crippen LogP contribution in [0.25, 0.3) is 0 Å². The highest BCUT2D eigenvalue weighted by Crippen LogP contribution is 2.25. The summed E-state index contributed by atoms with van der Waals surface area (Å²) < 4.78 is 33.8. The van der Waals surface area contributed by atoms with Gasteiger partial charge in [0.2, 0.25) is 10.0 Å². The number of methoxy groups -OCH3 is 1. The first kappa shape index (κ1) is 23.7. The predicted molar refractivity (Wildman–Crippen MR) is 119 cm³/mol. The fraction of sp³-hybridized carbons (Fsp3) is 0.391. The van der Waals surface area contributed by atoms with Crippen molar-refractivity contribution in [1.29, 1.82) is 0 Å². The Labute approximate surface area is 188 Å². The minimum absolute atomic E-state index is 0.0200. The molecule has 2 aromatic carbocycles. The number of primary sulfonamides is 1. The summed E-state index contributed by atoms with van der Waals surface area (Å²) in [5.74, 6) is -0.546. The Kier molecular flexibility index (Phi) is 7.52. The van der Waals surface area contributed by atoms with Crippen LogP contribution in [0.15, 0.2) is 53.4 Å². The lowest BCUT2D eigenvalue weighted by molar-refractivity contribution is -0.141. The molecule has 1 aliphatic rings. The lowest BCUT2D eigenvalue weighted by Crippen LogP contribution is -2.44. The lowest BCUT2D eigenvalue weighted by atomic mass is 9.90. The number of nitrogens with two attached hydrogens (primary N) is 1. The van der Waals surface area contributed by atoms with Gasteiger partial charge >= 0.3 is 5.97 Å². The zero-order valence-electron chi connectivity index (χ0n) is 18.2. The fourth-order valence-electron chi connectivity index (χ4n) is 3.87. The zero-order chi connectivity index (χ0) is 23.3. The van der Waals surface area contributed by atoms with Crippen molar-refractivity contribution in [2.45, 2.75) is 37.2 Å². The molecule has 8 nitrogen and oxygen atoms in total. The van der Waals surface area contributed by atoms with Gasteiger partial charge in [-0.1, -0.05) is 30.3 Å². The van der Waals surface area contributed by atoms with Crippen molar-refractivity contribution in [1.82, 2.24) is 4.90 Å². The number of rotatable bonds is 7. The molecule has 0 aromatic heterocycles. The molecule has 2 aromatic rings. The molecular weight excluding hydrogens is 432 g/mol. The van der Waals surface area contributed by atoms with Gasteiger partial charge in [-0.25, -0.2) is 18.4 Å². The second-order valence-electron chi connectivity index (χ2n) is 7.92. The van der Waals surface area contributed by atoms with E-state index in [1.165, 1.54) is 31.7 Å². The van der Waals surface area contributed by atoms with Crippen LogP contribution in [0.2, 0.25) is 0 Å². The molecule has 0 bridgehead atoms. The topological polar surface area (TPSA) is 116 Å². The van der Waals surface area contributed by atoms with E-state index in [4.69, 9.17) is 14.6 Å². The first-order chi connectivity index (χ1) is 15.2. The van der Waals surface area contributed by atoms with Crippen LogP contribution in [0.5, 0.6) is 5.75 Å². The quantitative estimate of drug-likeness (QED) is 0.634. The third-order valence-electron chi connectivity index (χ3n) is 5.63. The molecule has 1 heterocycles. The van der Waals surface area contributed by atoms with Gasteiger partial charge in [0.15, 0.2) is 6.10 Å². The number of hydrogen-bond donors (Lipinski definition) is 1. The summed E-state index contributed by atoms with van der Waals surface area (Å²) in [6.07, 6.45) is 1.76. The van der Waals surface area contributed by atoms with Crippen LogP contribution >= 0.6 is 0 Å². The Hall–Kier alpha value is -2.91. The summed E-state index contributed by atoms with van der Waals surface area (Å²) in [6, 6.07) is 14.0. The minimum Gasteiger partial charge on any atom is -0.495 e. The van der Waals surface area contributed by atoms with Crippen molar-refractivity contribution < 1.29 is 27.5 Å². The smallest absolute Gasteiger partial charge is 0.338 e. The number of piperidine rings is 1. The highest BCUT2D eigenvalue weighted by Gasteiger charge is 2.29. The number of hydrogen-bond acceptors (Lipinski definition) is 6. The minimum atomic E-state index is -4.10. The van der Waals surface area contributed by atoms with E-state index < -0.39 is 22.1 Å². The third-order valence-corrected chi connectivity index (χ3v) is 6.56. The number of carbonyl (C=O) groups is 2. The summed E-state index contributed by atoms with van der Waals surface area (Å²) in [6.45, 7) is 2.73. The number of amides is 1. The van der Waals surface area contributed by atoms with Crippen LogP contribution in [0, 0.1) is 5.92 Å². The SMILES string of the molecule is COc1ccc(C(=O)OC(C)C(=O)N2CCC(Cc3ccccc3)CC2)cc1S(N)(=O)=O. The third kappa shape index (κ3) is 5.86. The summed E-state index contributed by atoms with van der Waals surface area (Å²) in [7, 11) is -2.80. The molecule has 32 heavy (non-hydrogen) atoms. The van der Waals surface area contributed by atoms with Gasteiger partial charge < -0.3 is 14.4 Å². The van der Waals surface area contributed by atoms with Crippen molar-refractivity contribution >= 4 is 21.9 Å². The fourth-order valence-corrected chi connectivity index (χ4v) is 4.59. The average molecular weight is 461 g/mol. The van der Waals surface area contributed by atoms with Crippen molar-refractivity contribution in [3.63, 3.8) is 0 Å². The van der Waals surface area contributed by atoms with Crippen LogP contribution in [-0.2, 0) is 26.0 Å². The summed E-state index contributed by atoms with van der Waals surface area (Å²) in [5, 5.41) is 5.19. The van der Waals surface area contributed by atoms with Crippen LogP contribution < -0.4 is 9.88 Å². The van der Waals surface area contributed by atoms with E-state index in [9.17, 15) is 18.0 Å². The van der Waals surface area contributed by atoms with Crippen LogP contribution in [0.1, 0.15) is 35.7 Å². The molecule has 0 saturated carbocycles. The molecule has 1 fully saturated rings. The van der Waals surface area contributed by atoms with E-state index in [0.717, 1.165) is 25.3 Å². The maximum Gasteiger partial charge on any atom is 0.338 e. The molecule has 9 heteroatoms. The first-order valence-electron chi connectivity index (χ1n) is 10.4. The maximum atomic E-state index is 12.8. The summed E-state index contributed by atoms with van der Waals surface area (Å²) in [5.41, 5.74) is 1.26. The number of likely N-dealkylation sites (tertiary alicyclic amines) is 1. The van der Waals surface area contributed by atoms with Crippen LogP contribution in [-0.4, -0.2) is 51.5 Å². The molecule has 1 aliphatic heterocycles. The largest absolute Gasteiger partial charge is 0.495 e. The average Bonchev–Trinajstić information content (AvgIpc) is 2.78. The van der Waals surface area contributed by atoms with Crippen molar-refractivity contribution in [2.75, 3.05) is 20.2 Å². The van der Waals surface area contributed by atoms with Crippen molar-refractivity contribution in [2.24, 2.45) is 11.1 Å². The summed E-state index contributed by atoms with van der Waals surface area (Å²) >= 11 is 0. The number of sulfonamides is 1. The molecular formula is C23H28N2O6S. The van der Waals surface area contributed by atoms with Gasteiger partial charge in [0, 0.05) is 13.1 Å². The maximum absolute atomic E-state index is 12.8. The van der Waals surface area contributed by atoms with E-state index in [0.29, 0.717) is 19.0 Å². The molecule has 0 spiro atoms. The van der Waals surface area contributed by atoms with Crippen molar-refractivity contribution in [3.05, 3.63) is 59.7 Å². The second-order valence-corrected chi connectivity index (χ2v) is 9.45. The molecule has 1 atom stereocenters. The molecule has 1 saturated heterocycles. The molecule has 1 amide bonds. The predicted octanol–water partition coefficient (Wildman–Crippen LogP) is 2.37. The lowest BCUT2D eigenvalue weighted by Gasteiger charge is -2.33. The van der Waals surface area contributed by atoms with Gasteiger partial charge in [0.25, 0.3) is 5.91 Å². The van der Waals surface area contributed by atoms with E-state index in [1.807, 2.05) is 18.2 Å². The molecule has 0 aliphatic carbocycles. The Morgan fingerprint density at radius 2 is 1.78 bits per heavy atom. The Bertz CT molecular complexity index is 1060. The van der Waals surface area contributed by atoms with Gasteiger partial charge in [0.05, 0.1) is 12.7 Å². The molecule has 3 rings (SSSR count). The van der Waals surface area contributed by atoms with Gasteiger partial charge in [-0.2, -0.15) is 0 Å². The van der Waals surface area contributed by atoms with E-state index in [-0.39, 0.29) is 22.1 Å². The van der Waals surface area contributed by atoms with Gasteiger partial charge in [-0.15, -0.1) is 0 Å². The van der Waals surface area contributed by atoms with Gasteiger partial charge in [0.1, 0.15) is 10.6 Å². The number of benzene rings is 2. The number of carbonyl (C=O) groups excluding carboxylic acids is 2. The van der Waals surface area contributed by atoms with Gasteiger partial charge in [-0.3, -0.25) is 4.79 Å². The van der Waals surface area contributed by atoms with E-state index in [2.05, 4.69) is 12.1 Å². The van der Waals surface area contributed by atoms with E-state index >= 15 is 0 Å². The van der Waals surface area contributed by atoms with Gasteiger partial charge in [-0.05, 0) is 55.9 Å². The van der Waals surface area contributed by atoms with Crippen LogP contribution in [0.3, 0.4) is 0 Å². The van der Waals surface area contributed by atoms with E-state index in [1.54, 1.807) is 4.90 Å². The molecule has 1 unspecified atom stereocenters. The molecule has 2 N–H and O–H groups in total. The number of nitrogens with zero attached hydrogens (tertiary/aromatic N) is 1. The normalized spacial score (nSPS) is 15.8. The number of ether oxygens (including phenoxy) is 2. The second kappa shape index (κ2) is 10.1. The summed E-state index contributed by atoms with van der Waals surface area (Å²) in [4.78, 5) is 26.7. The van der Waals surface area contributed by atoms with Crippen molar-refractivity contribution in [3.8, 4) is 5.75 Å². The first-order valence-corrected chi connectivity index (χ1v) is 12.0. The Balaban J connectivity index is 1.57. The molecule has 172 valence electrons. The number of esters is 1. The monoisotopic (exact) mass is 460 g/mol. The molecule has 0 radical (unpaired) electrons. The zero-order valence-corrected chi connectivity index (χ0v) is 19.0. The standard InChI is InChI=1S/C23H28N2O6S/c1-16(31-23(27)19-8-9-20(30-2)21(15-19)32(24,28)29)22(26)25-12-10-18(11-13-25)14-17-6-4-3-5-7-17/h3-9,15-16,18H,10-14H2,1-2H3,(H2,24,28,29). The Morgan fingerprint density at radius 1 is 1.12 bits per heavy atom. The highest BCUT2D eigenvalue weighted by atomic mass is 32.2. The Morgan fingerprint density at radius 3 is 2.38 bits per heavy atom. The highest BCUT2D eigenvalue weighted by molar-refractivity contribution is 7.89. The van der Waals surface area contributed by atoms with Crippen LogP contribution in [0.4, 0.5) is 0 Å².